The molecular formula is C13H23N3OS. The molecule has 1 unspecified atom stereocenters. The first-order valence-electron chi connectivity index (χ1n) is 6.74. The number of hydrogen-bond donors (Lipinski definition) is 1. The highest BCUT2D eigenvalue weighted by Crippen LogP contribution is 2.40. The van der Waals surface area contributed by atoms with Gasteiger partial charge in [0, 0.05) is 13.1 Å². The average Bonchev–Trinajstić information content (AvgIpc) is 2.53. The second kappa shape index (κ2) is 5.78. The summed E-state index contributed by atoms with van der Waals surface area (Å²) in [5, 5.41) is 1.11. The van der Waals surface area contributed by atoms with E-state index in [0.717, 1.165) is 29.8 Å². The minimum Gasteiger partial charge on any atom is -0.484 e. The second-order valence-corrected chi connectivity index (χ2v) is 6.14. The van der Waals surface area contributed by atoms with Crippen molar-refractivity contribution in [1.82, 2.24) is 4.37 Å². The summed E-state index contributed by atoms with van der Waals surface area (Å²) in [6.45, 7) is 8.53. The molecular weight excluding hydrogens is 246 g/mol. The van der Waals surface area contributed by atoms with Gasteiger partial charge in [0.1, 0.15) is 0 Å². The SMILES string of the molecule is CC1CCCN(c2snc(N)c2OC(C)C)CC1. The summed E-state index contributed by atoms with van der Waals surface area (Å²) in [6.07, 6.45) is 3.91. The summed E-state index contributed by atoms with van der Waals surface area (Å²) in [5.41, 5.74) is 5.91. The average molecular weight is 269 g/mol. The van der Waals surface area contributed by atoms with Crippen LogP contribution in [0.3, 0.4) is 0 Å². The van der Waals surface area contributed by atoms with Gasteiger partial charge < -0.3 is 15.4 Å². The predicted molar refractivity (Wildman–Crippen MR) is 77.5 cm³/mol. The van der Waals surface area contributed by atoms with Crippen LogP contribution in [0.25, 0.3) is 0 Å². The summed E-state index contributed by atoms with van der Waals surface area (Å²) in [6, 6.07) is 0. The Morgan fingerprint density at radius 2 is 2.17 bits per heavy atom. The van der Waals surface area contributed by atoms with Crippen LogP contribution in [0.5, 0.6) is 5.75 Å². The monoisotopic (exact) mass is 269 g/mol. The predicted octanol–water partition coefficient (Wildman–Crippen LogP) is 3.14. The van der Waals surface area contributed by atoms with Gasteiger partial charge in [-0.15, -0.1) is 0 Å². The van der Waals surface area contributed by atoms with Crippen molar-refractivity contribution in [1.29, 1.82) is 0 Å². The molecule has 2 rings (SSSR count). The molecule has 1 saturated heterocycles. The first-order chi connectivity index (χ1) is 8.58. The van der Waals surface area contributed by atoms with Gasteiger partial charge in [0.05, 0.1) is 6.10 Å². The fourth-order valence-corrected chi connectivity index (χ4v) is 3.10. The van der Waals surface area contributed by atoms with Crippen LogP contribution < -0.4 is 15.4 Å². The van der Waals surface area contributed by atoms with Crippen molar-refractivity contribution in [2.24, 2.45) is 5.92 Å². The van der Waals surface area contributed by atoms with Gasteiger partial charge in [-0.05, 0) is 50.6 Å². The first-order valence-corrected chi connectivity index (χ1v) is 7.52. The van der Waals surface area contributed by atoms with Gasteiger partial charge in [-0.1, -0.05) is 6.92 Å². The van der Waals surface area contributed by atoms with E-state index >= 15 is 0 Å². The number of nitrogen functional groups attached to an aromatic ring is 1. The van der Waals surface area contributed by atoms with Crippen molar-refractivity contribution >= 4 is 22.4 Å². The lowest BCUT2D eigenvalue weighted by Crippen LogP contribution is -2.24. The van der Waals surface area contributed by atoms with Crippen LogP contribution in [0.2, 0.25) is 0 Å². The van der Waals surface area contributed by atoms with Crippen LogP contribution in [-0.4, -0.2) is 23.6 Å². The van der Waals surface area contributed by atoms with Crippen LogP contribution in [-0.2, 0) is 0 Å². The summed E-state index contributed by atoms with van der Waals surface area (Å²) in [4.78, 5) is 2.38. The number of anilines is 2. The molecule has 1 aromatic rings. The van der Waals surface area contributed by atoms with Crippen LogP contribution in [0.15, 0.2) is 0 Å². The molecule has 18 heavy (non-hydrogen) atoms. The van der Waals surface area contributed by atoms with E-state index in [1.54, 1.807) is 0 Å². The molecule has 0 amide bonds. The third kappa shape index (κ3) is 3.07. The van der Waals surface area contributed by atoms with E-state index in [4.69, 9.17) is 10.5 Å². The van der Waals surface area contributed by atoms with Gasteiger partial charge in [-0.3, -0.25) is 0 Å². The van der Waals surface area contributed by atoms with Gasteiger partial charge in [0.2, 0.25) is 0 Å². The van der Waals surface area contributed by atoms with Gasteiger partial charge in [-0.2, -0.15) is 4.37 Å². The molecule has 1 aromatic heterocycles. The Hall–Kier alpha value is -0.970. The molecule has 0 aliphatic carbocycles. The molecule has 1 aliphatic rings. The van der Waals surface area contributed by atoms with Crippen LogP contribution >= 0.6 is 11.5 Å². The number of ether oxygens (including phenoxy) is 1. The topological polar surface area (TPSA) is 51.4 Å². The van der Waals surface area contributed by atoms with Crippen molar-refractivity contribution in [3.8, 4) is 5.75 Å². The normalized spacial score (nSPS) is 21.1. The molecule has 1 atom stereocenters. The molecule has 2 N–H and O–H groups in total. The molecule has 102 valence electrons. The zero-order valence-corrected chi connectivity index (χ0v) is 12.3. The standard InChI is InChI=1S/C13H23N3OS/c1-9(2)17-11-12(14)15-18-13(11)16-7-4-5-10(3)6-8-16/h9-10H,4-8H2,1-3H3,(H2,14,15). The van der Waals surface area contributed by atoms with Crippen molar-refractivity contribution in [2.45, 2.75) is 46.1 Å². The zero-order chi connectivity index (χ0) is 13.1. The quantitative estimate of drug-likeness (QED) is 0.916. The third-order valence-corrected chi connectivity index (χ3v) is 4.22. The molecule has 1 fully saturated rings. The number of nitrogens with two attached hydrogens (primary N) is 1. The van der Waals surface area contributed by atoms with Crippen molar-refractivity contribution < 1.29 is 4.74 Å². The molecule has 2 heterocycles. The lowest BCUT2D eigenvalue weighted by Gasteiger charge is -2.22. The molecule has 4 nitrogen and oxygen atoms in total. The molecule has 0 aromatic carbocycles. The summed E-state index contributed by atoms with van der Waals surface area (Å²) in [7, 11) is 0. The van der Waals surface area contributed by atoms with Gasteiger partial charge in [0.25, 0.3) is 0 Å². The highest BCUT2D eigenvalue weighted by molar-refractivity contribution is 7.11. The molecule has 0 radical (unpaired) electrons. The maximum Gasteiger partial charge on any atom is 0.198 e. The van der Waals surface area contributed by atoms with E-state index in [-0.39, 0.29) is 6.10 Å². The summed E-state index contributed by atoms with van der Waals surface area (Å²) < 4.78 is 10.1. The molecule has 0 bridgehead atoms. The minimum atomic E-state index is 0.133. The largest absolute Gasteiger partial charge is 0.484 e. The van der Waals surface area contributed by atoms with Gasteiger partial charge in [-0.25, -0.2) is 0 Å². The van der Waals surface area contributed by atoms with E-state index in [2.05, 4.69) is 16.2 Å². The fourth-order valence-electron chi connectivity index (χ4n) is 2.30. The summed E-state index contributed by atoms with van der Waals surface area (Å²) in [5.74, 6) is 2.13. The molecule has 0 spiro atoms. The third-order valence-electron chi connectivity index (χ3n) is 3.31. The number of rotatable bonds is 3. The Morgan fingerprint density at radius 3 is 2.89 bits per heavy atom. The second-order valence-electron chi connectivity index (χ2n) is 5.39. The van der Waals surface area contributed by atoms with E-state index in [9.17, 15) is 0 Å². The fraction of sp³-hybridized carbons (Fsp3) is 0.769. The van der Waals surface area contributed by atoms with E-state index in [1.165, 1.54) is 30.8 Å². The Bertz CT molecular complexity index is 392. The van der Waals surface area contributed by atoms with E-state index in [1.807, 2.05) is 13.8 Å². The van der Waals surface area contributed by atoms with Gasteiger partial charge >= 0.3 is 0 Å². The van der Waals surface area contributed by atoms with Crippen LogP contribution in [0, 0.1) is 5.92 Å². The number of hydrogen-bond acceptors (Lipinski definition) is 5. The minimum absolute atomic E-state index is 0.133. The van der Waals surface area contributed by atoms with E-state index < -0.39 is 0 Å². The van der Waals surface area contributed by atoms with Gasteiger partial charge in [0.15, 0.2) is 16.6 Å². The smallest absolute Gasteiger partial charge is 0.198 e. The summed E-state index contributed by atoms with van der Waals surface area (Å²) >= 11 is 1.46. The lowest BCUT2D eigenvalue weighted by atomic mass is 10.0. The van der Waals surface area contributed by atoms with Crippen LogP contribution in [0.1, 0.15) is 40.0 Å². The van der Waals surface area contributed by atoms with Crippen molar-refractivity contribution in [3.63, 3.8) is 0 Å². The Morgan fingerprint density at radius 1 is 1.39 bits per heavy atom. The maximum absolute atomic E-state index is 5.91. The van der Waals surface area contributed by atoms with Crippen LogP contribution in [0.4, 0.5) is 10.8 Å². The highest BCUT2D eigenvalue weighted by Gasteiger charge is 2.22. The molecule has 0 saturated carbocycles. The zero-order valence-electron chi connectivity index (χ0n) is 11.5. The number of aromatic nitrogens is 1. The molecule has 5 heteroatoms. The Balaban J connectivity index is 2.16. The molecule has 1 aliphatic heterocycles. The maximum atomic E-state index is 5.91. The van der Waals surface area contributed by atoms with Crippen molar-refractivity contribution in [3.05, 3.63) is 0 Å². The number of nitrogens with zero attached hydrogens (tertiary/aromatic N) is 2. The Labute approximate surface area is 113 Å². The highest BCUT2D eigenvalue weighted by atomic mass is 32.1. The Kier molecular flexibility index (Phi) is 4.32. The first kappa shape index (κ1) is 13.5. The van der Waals surface area contributed by atoms with E-state index in [0.29, 0.717) is 5.82 Å². The van der Waals surface area contributed by atoms with Crippen molar-refractivity contribution in [2.75, 3.05) is 23.7 Å². The lowest BCUT2D eigenvalue weighted by molar-refractivity contribution is 0.245.